The van der Waals surface area contributed by atoms with E-state index in [-0.39, 0.29) is 5.91 Å². The smallest absolute Gasteiger partial charge is 0.269 e. The first-order valence-corrected chi connectivity index (χ1v) is 7.72. The second kappa shape index (κ2) is 6.07. The number of amides is 1. The van der Waals surface area contributed by atoms with Crippen molar-refractivity contribution >= 4 is 23.1 Å². The maximum Gasteiger partial charge on any atom is 0.269 e. The Balaban J connectivity index is 1.93. The van der Waals surface area contributed by atoms with E-state index in [0.717, 1.165) is 16.1 Å². The zero-order chi connectivity index (χ0) is 15.5. The van der Waals surface area contributed by atoms with E-state index in [1.54, 1.807) is 6.20 Å². The first-order valence-electron chi connectivity index (χ1n) is 6.90. The van der Waals surface area contributed by atoms with Gasteiger partial charge in [-0.25, -0.2) is 9.97 Å². The van der Waals surface area contributed by atoms with Crippen LogP contribution in [0.2, 0.25) is 0 Å². The minimum atomic E-state index is -0.178. The third-order valence-corrected chi connectivity index (χ3v) is 4.11. The lowest BCUT2D eigenvalue weighted by atomic mass is 10.1. The third kappa shape index (κ3) is 3.04. The van der Waals surface area contributed by atoms with Gasteiger partial charge in [0.15, 0.2) is 0 Å². The average Bonchev–Trinajstić information content (AvgIpc) is 2.90. The lowest BCUT2D eigenvalue weighted by molar-refractivity contribution is 0.103. The molecule has 0 bridgehead atoms. The lowest BCUT2D eigenvalue weighted by Crippen LogP contribution is -2.12. The molecule has 1 N–H and O–H groups in total. The maximum atomic E-state index is 12.6. The number of nitrogens with one attached hydrogen (secondary N) is 1. The molecule has 0 unspecified atom stereocenters. The van der Waals surface area contributed by atoms with Crippen molar-refractivity contribution in [1.29, 1.82) is 0 Å². The van der Waals surface area contributed by atoms with Gasteiger partial charge in [-0.05, 0) is 31.5 Å². The van der Waals surface area contributed by atoms with Crippen LogP contribution in [0.15, 0.2) is 48.7 Å². The summed E-state index contributed by atoms with van der Waals surface area (Å²) in [5.41, 5.74) is 2.71. The van der Waals surface area contributed by atoms with Gasteiger partial charge >= 0.3 is 0 Å². The van der Waals surface area contributed by atoms with Gasteiger partial charge in [0.05, 0.1) is 10.7 Å². The Morgan fingerprint density at radius 1 is 1.14 bits per heavy atom. The van der Waals surface area contributed by atoms with Crippen LogP contribution in [-0.2, 0) is 0 Å². The van der Waals surface area contributed by atoms with E-state index in [4.69, 9.17) is 0 Å². The summed E-state index contributed by atoms with van der Waals surface area (Å²) >= 11 is 1.39. The molecule has 0 radical (unpaired) electrons. The summed E-state index contributed by atoms with van der Waals surface area (Å²) in [4.78, 5) is 21.8. The second-order valence-electron chi connectivity index (χ2n) is 4.95. The standard InChI is InChI=1S/C17H15N3OS/c1-11-8-9-18-14(10-11)20-17(21)16-15(19-12(2)22-16)13-6-4-3-5-7-13/h3-10H,1-2H3,(H,18,20,21). The summed E-state index contributed by atoms with van der Waals surface area (Å²) in [7, 11) is 0. The average molecular weight is 309 g/mol. The highest BCUT2D eigenvalue weighted by molar-refractivity contribution is 7.14. The van der Waals surface area contributed by atoms with Crippen LogP contribution in [0.3, 0.4) is 0 Å². The van der Waals surface area contributed by atoms with Gasteiger partial charge in [-0.15, -0.1) is 11.3 Å². The largest absolute Gasteiger partial charge is 0.306 e. The molecule has 0 saturated heterocycles. The number of nitrogens with zero attached hydrogens (tertiary/aromatic N) is 2. The minimum absolute atomic E-state index is 0.178. The van der Waals surface area contributed by atoms with E-state index >= 15 is 0 Å². The Morgan fingerprint density at radius 2 is 1.91 bits per heavy atom. The highest BCUT2D eigenvalue weighted by Gasteiger charge is 2.18. The van der Waals surface area contributed by atoms with Gasteiger partial charge < -0.3 is 5.32 Å². The Hall–Kier alpha value is -2.53. The van der Waals surface area contributed by atoms with Crippen molar-refractivity contribution in [3.63, 3.8) is 0 Å². The van der Waals surface area contributed by atoms with Gasteiger partial charge in [-0.1, -0.05) is 30.3 Å². The number of aryl methyl sites for hydroxylation is 2. The number of aromatic nitrogens is 2. The zero-order valence-electron chi connectivity index (χ0n) is 12.3. The fraction of sp³-hybridized carbons (Fsp3) is 0.118. The van der Waals surface area contributed by atoms with Crippen molar-refractivity contribution in [2.45, 2.75) is 13.8 Å². The maximum absolute atomic E-state index is 12.6. The van der Waals surface area contributed by atoms with Crippen molar-refractivity contribution in [2.75, 3.05) is 5.32 Å². The number of hydrogen-bond donors (Lipinski definition) is 1. The van der Waals surface area contributed by atoms with E-state index in [0.29, 0.717) is 16.4 Å². The van der Waals surface area contributed by atoms with Crippen molar-refractivity contribution in [2.24, 2.45) is 0 Å². The molecule has 3 rings (SSSR count). The van der Waals surface area contributed by atoms with Crippen molar-refractivity contribution in [3.05, 3.63) is 64.1 Å². The van der Waals surface area contributed by atoms with Crippen LogP contribution in [0.25, 0.3) is 11.3 Å². The number of carbonyl (C=O) groups is 1. The van der Waals surface area contributed by atoms with Gasteiger partial charge in [-0.2, -0.15) is 0 Å². The number of rotatable bonds is 3. The van der Waals surface area contributed by atoms with Gasteiger partial charge in [0, 0.05) is 11.8 Å². The van der Waals surface area contributed by atoms with E-state index < -0.39 is 0 Å². The molecule has 4 nitrogen and oxygen atoms in total. The first kappa shape index (κ1) is 14.4. The minimum Gasteiger partial charge on any atom is -0.306 e. The Morgan fingerprint density at radius 3 is 2.64 bits per heavy atom. The van der Waals surface area contributed by atoms with Crippen LogP contribution >= 0.6 is 11.3 Å². The molecular formula is C17H15N3OS. The van der Waals surface area contributed by atoms with E-state index in [9.17, 15) is 4.79 Å². The molecule has 0 aliphatic rings. The predicted octanol–water partition coefficient (Wildman–Crippen LogP) is 4.07. The molecule has 22 heavy (non-hydrogen) atoms. The monoisotopic (exact) mass is 309 g/mol. The fourth-order valence-electron chi connectivity index (χ4n) is 2.15. The van der Waals surface area contributed by atoms with Crippen LogP contribution in [0, 0.1) is 13.8 Å². The van der Waals surface area contributed by atoms with Crippen molar-refractivity contribution in [3.8, 4) is 11.3 Å². The van der Waals surface area contributed by atoms with E-state index in [2.05, 4.69) is 15.3 Å². The van der Waals surface area contributed by atoms with Crippen molar-refractivity contribution < 1.29 is 4.79 Å². The van der Waals surface area contributed by atoms with E-state index in [1.165, 1.54) is 11.3 Å². The van der Waals surface area contributed by atoms with Crippen LogP contribution < -0.4 is 5.32 Å². The van der Waals surface area contributed by atoms with Gasteiger partial charge in [0.2, 0.25) is 0 Å². The van der Waals surface area contributed by atoms with Gasteiger partial charge in [-0.3, -0.25) is 4.79 Å². The molecule has 1 aromatic carbocycles. The number of anilines is 1. The van der Waals surface area contributed by atoms with Gasteiger partial charge in [0.1, 0.15) is 10.7 Å². The topological polar surface area (TPSA) is 54.9 Å². The first-order chi connectivity index (χ1) is 10.6. The molecule has 2 aromatic heterocycles. The summed E-state index contributed by atoms with van der Waals surface area (Å²) in [6, 6.07) is 13.5. The summed E-state index contributed by atoms with van der Waals surface area (Å²) < 4.78 is 0. The molecule has 3 aromatic rings. The molecule has 0 atom stereocenters. The molecule has 0 saturated carbocycles. The van der Waals surface area contributed by atoms with Gasteiger partial charge in [0.25, 0.3) is 5.91 Å². The molecule has 0 aliphatic heterocycles. The fourth-order valence-corrected chi connectivity index (χ4v) is 2.99. The normalized spacial score (nSPS) is 10.5. The SMILES string of the molecule is Cc1ccnc(NC(=O)c2sc(C)nc2-c2ccccc2)c1. The molecule has 5 heteroatoms. The molecule has 2 heterocycles. The Bertz CT molecular complexity index is 812. The predicted molar refractivity (Wildman–Crippen MR) is 89.2 cm³/mol. The highest BCUT2D eigenvalue weighted by Crippen LogP contribution is 2.28. The molecular weight excluding hydrogens is 294 g/mol. The summed E-state index contributed by atoms with van der Waals surface area (Å²) in [5.74, 6) is 0.373. The number of benzene rings is 1. The summed E-state index contributed by atoms with van der Waals surface area (Å²) in [6.07, 6.45) is 1.68. The molecule has 0 fully saturated rings. The molecule has 0 aliphatic carbocycles. The highest BCUT2D eigenvalue weighted by atomic mass is 32.1. The van der Waals surface area contributed by atoms with Crippen LogP contribution in [0.4, 0.5) is 5.82 Å². The summed E-state index contributed by atoms with van der Waals surface area (Å²) in [5, 5.41) is 3.71. The zero-order valence-corrected chi connectivity index (χ0v) is 13.1. The van der Waals surface area contributed by atoms with Crippen LogP contribution in [-0.4, -0.2) is 15.9 Å². The molecule has 1 amide bonds. The summed E-state index contributed by atoms with van der Waals surface area (Å²) in [6.45, 7) is 3.86. The Labute approximate surface area is 132 Å². The molecule has 110 valence electrons. The lowest BCUT2D eigenvalue weighted by Gasteiger charge is -2.05. The van der Waals surface area contributed by atoms with Crippen LogP contribution in [0.1, 0.15) is 20.2 Å². The van der Waals surface area contributed by atoms with Crippen LogP contribution in [0.5, 0.6) is 0 Å². The third-order valence-electron chi connectivity index (χ3n) is 3.14. The van der Waals surface area contributed by atoms with Crippen molar-refractivity contribution in [1.82, 2.24) is 9.97 Å². The Kier molecular flexibility index (Phi) is 3.98. The molecule has 0 spiro atoms. The number of pyridine rings is 1. The number of carbonyl (C=O) groups excluding carboxylic acids is 1. The quantitative estimate of drug-likeness (QED) is 0.793. The number of thiazole rings is 1. The second-order valence-corrected chi connectivity index (χ2v) is 6.15. The van der Waals surface area contributed by atoms with E-state index in [1.807, 2.05) is 56.3 Å². The number of hydrogen-bond acceptors (Lipinski definition) is 4.